The second-order valence-electron chi connectivity index (χ2n) is 4.23. The van der Waals surface area contributed by atoms with Crippen LogP contribution < -0.4 is 14.2 Å². The van der Waals surface area contributed by atoms with Gasteiger partial charge in [0.2, 0.25) is 0 Å². The molecule has 0 unspecified atom stereocenters. The van der Waals surface area contributed by atoms with Crippen LogP contribution in [-0.4, -0.2) is 32.4 Å². The highest BCUT2D eigenvalue weighted by Crippen LogP contribution is 2.42. The molecule has 22 heavy (non-hydrogen) atoms. The van der Waals surface area contributed by atoms with Crippen molar-refractivity contribution in [2.24, 2.45) is 0 Å². The first-order valence-corrected chi connectivity index (χ1v) is 7.23. The summed E-state index contributed by atoms with van der Waals surface area (Å²) in [5, 5.41) is 9.43. The van der Waals surface area contributed by atoms with Crippen molar-refractivity contribution >= 4 is 17.7 Å². The largest absolute Gasteiger partial charge is 0.496 e. The summed E-state index contributed by atoms with van der Waals surface area (Å²) in [6.07, 6.45) is 0. The molecule has 2 aromatic rings. The zero-order valence-electron chi connectivity index (χ0n) is 12.5. The van der Waals surface area contributed by atoms with Gasteiger partial charge in [-0.15, -0.1) is 0 Å². The molecule has 0 aromatic heterocycles. The van der Waals surface area contributed by atoms with E-state index in [1.807, 2.05) is 12.1 Å². The summed E-state index contributed by atoms with van der Waals surface area (Å²) in [6.45, 7) is 0. The van der Waals surface area contributed by atoms with Gasteiger partial charge < -0.3 is 19.3 Å². The van der Waals surface area contributed by atoms with Crippen molar-refractivity contribution in [1.82, 2.24) is 0 Å². The molecule has 0 saturated heterocycles. The minimum Gasteiger partial charge on any atom is -0.496 e. The number of para-hydroxylation sites is 1. The van der Waals surface area contributed by atoms with E-state index in [-0.39, 0.29) is 5.56 Å². The van der Waals surface area contributed by atoms with Crippen LogP contribution in [0.3, 0.4) is 0 Å². The summed E-state index contributed by atoms with van der Waals surface area (Å²) in [5.41, 5.74) is 0.125. The number of rotatable bonds is 6. The van der Waals surface area contributed by atoms with Gasteiger partial charge in [0.05, 0.1) is 26.2 Å². The Kier molecular flexibility index (Phi) is 5.16. The topological polar surface area (TPSA) is 65.0 Å². The van der Waals surface area contributed by atoms with Crippen LogP contribution in [0.2, 0.25) is 0 Å². The lowest BCUT2D eigenvalue weighted by Gasteiger charge is -2.14. The highest BCUT2D eigenvalue weighted by molar-refractivity contribution is 7.99. The number of ether oxygens (including phenoxy) is 3. The summed E-state index contributed by atoms with van der Waals surface area (Å²) in [4.78, 5) is 12.8. The number of hydrogen-bond acceptors (Lipinski definition) is 5. The van der Waals surface area contributed by atoms with E-state index >= 15 is 0 Å². The monoisotopic (exact) mass is 320 g/mol. The van der Waals surface area contributed by atoms with Crippen LogP contribution in [0, 0.1) is 0 Å². The van der Waals surface area contributed by atoms with Gasteiger partial charge in [-0.3, -0.25) is 0 Å². The fourth-order valence-electron chi connectivity index (χ4n) is 2.03. The fourth-order valence-corrected chi connectivity index (χ4v) is 3.13. The van der Waals surface area contributed by atoms with E-state index in [0.717, 1.165) is 4.90 Å². The van der Waals surface area contributed by atoms with E-state index < -0.39 is 5.97 Å². The maximum atomic E-state index is 11.5. The van der Waals surface area contributed by atoms with Crippen molar-refractivity contribution in [2.45, 2.75) is 9.79 Å². The Hall–Kier alpha value is -2.34. The molecule has 0 heterocycles. The quantitative estimate of drug-likeness (QED) is 0.878. The molecule has 0 bridgehead atoms. The smallest absolute Gasteiger partial charge is 0.340 e. The molecule has 0 aliphatic carbocycles. The van der Waals surface area contributed by atoms with Gasteiger partial charge in [-0.2, -0.15) is 0 Å². The number of aromatic carboxylic acids is 1. The van der Waals surface area contributed by atoms with Crippen molar-refractivity contribution < 1.29 is 24.1 Å². The third-order valence-corrected chi connectivity index (χ3v) is 4.11. The Morgan fingerprint density at radius 1 is 0.909 bits per heavy atom. The predicted molar refractivity (Wildman–Crippen MR) is 83.6 cm³/mol. The third-order valence-electron chi connectivity index (χ3n) is 3.01. The van der Waals surface area contributed by atoms with Crippen molar-refractivity contribution in [3.8, 4) is 17.2 Å². The standard InChI is InChI=1S/C16H16O5S/c1-19-10-6-4-8-12(14(10)16(17)18)22-13-9-5-7-11(20-2)15(13)21-3/h4-9H,1-3H3,(H,17,18). The number of methoxy groups -OCH3 is 3. The molecule has 1 N–H and O–H groups in total. The van der Waals surface area contributed by atoms with Gasteiger partial charge in [-0.25, -0.2) is 4.79 Å². The molecule has 0 aliphatic rings. The second-order valence-corrected chi connectivity index (χ2v) is 5.32. The van der Waals surface area contributed by atoms with E-state index in [4.69, 9.17) is 14.2 Å². The van der Waals surface area contributed by atoms with Gasteiger partial charge in [-0.05, 0) is 24.3 Å². The molecule has 2 rings (SSSR count). The number of hydrogen-bond donors (Lipinski definition) is 1. The summed E-state index contributed by atoms with van der Waals surface area (Å²) < 4.78 is 15.8. The molecule has 0 atom stereocenters. The van der Waals surface area contributed by atoms with Crippen molar-refractivity contribution in [3.63, 3.8) is 0 Å². The van der Waals surface area contributed by atoms with Crippen molar-refractivity contribution in [1.29, 1.82) is 0 Å². The van der Waals surface area contributed by atoms with E-state index in [1.54, 1.807) is 38.5 Å². The maximum absolute atomic E-state index is 11.5. The van der Waals surface area contributed by atoms with Crippen LogP contribution in [0.15, 0.2) is 46.2 Å². The number of benzene rings is 2. The van der Waals surface area contributed by atoms with Crippen LogP contribution >= 0.6 is 11.8 Å². The van der Waals surface area contributed by atoms with Crippen LogP contribution in [0.1, 0.15) is 10.4 Å². The number of carboxylic acid groups (broad SMARTS) is 1. The molecule has 0 saturated carbocycles. The first-order valence-electron chi connectivity index (χ1n) is 6.41. The highest BCUT2D eigenvalue weighted by atomic mass is 32.2. The number of carbonyl (C=O) groups is 1. The molecule has 6 heteroatoms. The fraction of sp³-hybridized carbons (Fsp3) is 0.188. The molecular formula is C16H16O5S. The first-order chi connectivity index (χ1) is 10.6. The predicted octanol–water partition coefficient (Wildman–Crippen LogP) is 3.56. The summed E-state index contributed by atoms with van der Waals surface area (Å²) in [6, 6.07) is 10.6. The van der Waals surface area contributed by atoms with Gasteiger partial charge in [0, 0.05) is 4.90 Å². The summed E-state index contributed by atoms with van der Waals surface area (Å²) in [5.74, 6) is 0.433. The van der Waals surface area contributed by atoms with Gasteiger partial charge in [0.25, 0.3) is 0 Å². The van der Waals surface area contributed by atoms with Crippen molar-refractivity contribution in [3.05, 3.63) is 42.0 Å². The molecule has 0 aliphatic heterocycles. The Balaban J connectivity index is 2.50. The van der Waals surface area contributed by atoms with E-state index in [0.29, 0.717) is 22.1 Å². The van der Waals surface area contributed by atoms with Crippen LogP contribution in [0.5, 0.6) is 17.2 Å². The lowest BCUT2D eigenvalue weighted by atomic mass is 10.2. The lowest BCUT2D eigenvalue weighted by molar-refractivity contribution is 0.0689. The minimum atomic E-state index is -1.04. The Morgan fingerprint density at radius 2 is 1.50 bits per heavy atom. The SMILES string of the molecule is COc1cccc(Sc2cccc(OC)c2C(=O)O)c1OC. The molecule has 0 radical (unpaired) electrons. The zero-order chi connectivity index (χ0) is 16.1. The average molecular weight is 320 g/mol. The molecule has 116 valence electrons. The van der Waals surface area contributed by atoms with Gasteiger partial charge in [-0.1, -0.05) is 23.9 Å². The summed E-state index contributed by atoms with van der Waals surface area (Å²) >= 11 is 1.29. The normalized spacial score (nSPS) is 10.1. The van der Waals surface area contributed by atoms with Crippen LogP contribution in [0.25, 0.3) is 0 Å². The van der Waals surface area contributed by atoms with E-state index in [1.165, 1.54) is 18.9 Å². The Labute approximate surface area is 132 Å². The van der Waals surface area contributed by atoms with Gasteiger partial charge >= 0.3 is 5.97 Å². The lowest BCUT2D eigenvalue weighted by Crippen LogP contribution is -2.02. The van der Waals surface area contributed by atoms with Gasteiger partial charge in [0.1, 0.15) is 11.3 Å². The Morgan fingerprint density at radius 3 is 2.05 bits per heavy atom. The first kappa shape index (κ1) is 16.0. The average Bonchev–Trinajstić information content (AvgIpc) is 2.53. The van der Waals surface area contributed by atoms with Crippen molar-refractivity contribution in [2.75, 3.05) is 21.3 Å². The minimum absolute atomic E-state index is 0.125. The highest BCUT2D eigenvalue weighted by Gasteiger charge is 2.19. The van der Waals surface area contributed by atoms with Gasteiger partial charge in [0.15, 0.2) is 11.5 Å². The van der Waals surface area contributed by atoms with Crippen LogP contribution in [0.4, 0.5) is 0 Å². The molecule has 0 fully saturated rings. The van der Waals surface area contributed by atoms with E-state index in [2.05, 4.69) is 0 Å². The molecule has 2 aromatic carbocycles. The zero-order valence-corrected chi connectivity index (χ0v) is 13.3. The summed E-state index contributed by atoms with van der Waals surface area (Å²) in [7, 11) is 4.55. The molecule has 5 nitrogen and oxygen atoms in total. The third kappa shape index (κ3) is 3.12. The molecular weight excluding hydrogens is 304 g/mol. The number of carboxylic acids is 1. The Bertz CT molecular complexity index is 684. The maximum Gasteiger partial charge on any atom is 0.340 e. The molecule has 0 spiro atoms. The van der Waals surface area contributed by atoms with Crippen LogP contribution in [-0.2, 0) is 0 Å². The molecule has 0 amide bonds. The second kappa shape index (κ2) is 7.09. The van der Waals surface area contributed by atoms with E-state index in [9.17, 15) is 9.90 Å².